The van der Waals surface area contributed by atoms with Gasteiger partial charge < -0.3 is 15.4 Å². The van der Waals surface area contributed by atoms with E-state index in [9.17, 15) is 4.79 Å². The molecule has 0 unspecified atom stereocenters. The SMILES string of the molecule is CC1CC(Nc2ccc3c(c2)NC(=O)CO3)C1. The molecule has 1 fully saturated rings. The molecule has 4 nitrogen and oxygen atoms in total. The van der Waals surface area contributed by atoms with Gasteiger partial charge in [-0.25, -0.2) is 0 Å². The summed E-state index contributed by atoms with van der Waals surface area (Å²) in [5, 5.41) is 6.28. The van der Waals surface area contributed by atoms with Crippen molar-refractivity contribution < 1.29 is 9.53 Å². The molecule has 1 aromatic rings. The van der Waals surface area contributed by atoms with Crippen molar-refractivity contribution in [1.82, 2.24) is 0 Å². The molecule has 4 heteroatoms. The first kappa shape index (κ1) is 10.4. The van der Waals surface area contributed by atoms with E-state index in [1.807, 2.05) is 18.2 Å². The molecule has 0 atom stereocenters. The Labute approximate surface area is 100 Å². The molecule has 1 aliphatic heterocycles. The number of benzene rings is 1. The third-order valence-corrected chi connectivity index (χ3v) is 3.36. The van der Waals surface area contributed by atoms with Crippen LogP contribution in [-0.2, 0) is 4.79 Å². The first-order chi connectivity index (χ1) is 8.20. The Bertz CT molecular complexity index is 453. The zero-order chi connectivity index (χ0) is 11.8. The molecule has 1 aromatic carbocycles. The number of hydrogen-bond acceptors (Lipinski definition) is 3. The average molecular weight is 232 g/mol. The van der Waals surface area contributed by atoms with Crippen LogP contribution in [0.1, 0.15) is 19.8 Å². The topological polar surface area (TPSA) is 50.4 Å². The van der Waals surface area contributed by atoms with Crippen molar-refractivity contribution in [3.63, 3.8) is 0 Å². The van der Waals surface area contributed by atoms with Gasteiger partial charge in [-0.2, -0.15) is 0 Å². The first-order valence-corrected chi connectivity index (χ1v) is 6.04. The van der Waals surface area contributed by atoms with Crippen LogP contribution in [0, 0.1) is 5.92 Å². The lowest BCUT2D eigenvalue weighted by Gasteiger charge is -2.34. The molecule has 2 N–H and O–H groups in total. The van der Waals surface area contributed by atoms with Crippen LogP contribution >= 0.6 is 0 Å². The fourth-order valence-electron chi connectivity index (χ4n) is 2.43. The predicted octanol–water partition coefficient (Wildman–Crippen LogP) is 2.23. The summed E-state index contributed by atoms with van der Waals surface area (Å²) in [6.07, 6.45) is 2.44. The minimum absolute atomic E-state index is 0.0908. The van der Waals surface area contributed by atoms with Crippen molar-refractivity contribution in [2.24, 2.45) is 5.92 Å². The summed E-state index contributed by atoms with van der Waals surface area (Å²) in [7, 11) is 0. The highest BCUT2D eigenvalue weighted by Gasteiger charge is 2.25. The summed E-state index contributed by atoms with van der Waals surface area (Å²) in [5.41, 5.74) is 1.81. The summed E-state index contributed by atoms with van der Waals surface area (Å²) in [6.45, 7) is 2.37. The van der Waals surface area contributed by atoms with Gasteiger partial charge in [-0.15, -0.1) is 0 Å². The van der Waals surface area contributed by atoms with Crippen LogP contribution in [0.4, 0.5) is 11.4 Å². The van der Waals surface area contributed by atoms with Crippen molar-refractivity contribution in [3.8, 4) is 5.75 Å². The normalized spacial score (nSPS) is 26.3. The van der Waals surface area contributed by atoms with Crippen LogP contribution in [0.2, 0.25) is 0 Å². The maximum absolute atomic E-state index is 11.2. The van der Waals surface area contributed by atoms with Gasteiger partial charge in [0.25, 0.3) is 5.91 Å². The average Bonchev–Trinajstić information content (AvgIpc) is 2.26. The lowest BCUT2D eigenvalue weighted by Crippen LogP contribution is -2.33. The number of fused-ring (bicyclic) bond motifs is 1. The molecular formula is C13H16N2O2. The summed E-state index contributed by atoms with van der Waals surface area (Å²) < 4.78 is 5.31. The second kappa shape index (κ2) is 3.95. The van der Waals surface area contributed by atoms with Gasteiger partial charge in [0.15, 0.2) is 6.61 Å². The molecule has 0 saturated heterocycles. The number of amides is 1. The smallest absolute Gasteiger partial charge is 0.262 e. The number of ether oxygens (including phenoxy) is 1. The van der Waals surface area contributed by atoms with E-state index in [0.717, 1.165) is 23.0 Å². The van der Waals surface area contributed by atoms with Crippen molar-refractivity contribution in [2.75, 3.05) is 17.2 Å². The van der Waals surface area contributed by atoms with Crippen molar-refractivity contribution in [2.45, 2.75) is 25.8 Å². The molecule has 1 aliphatic carbocycles. The van der Waals surface area contributed by atoms with Crippen molar-refractivity contribution >= 4 is 17.3 Å². The van der Waals surface area contributed by atoms with Gasteiger partial charge in [0, 0.05) is 11.7 Å². The molecule has 3 rings (SSSR count). The monoisotopic (exact) mass is 232 g/mol. The largest absolute Gasteiger partial charge is 0.482 e. The Kier molecular flexibility index (Phi) is 2.42. The van der Waals surface area contributed by atoms with Gasteiger partial charge in [0.2, 0.25) is 0 Å². The third kappa shape index (κ3) is 2.07. The minimum Gasteiger partial charge on any atom is -0.482 e. The second-order valence-corrected chi connectivity index (χ2v) is 4.97. The van der Waals surface area contributed by atoms with Crippen LogP contribution in [0.5, 0.6) is 5.75 Å². The molecule has 0 aromatic heterocycles. The van der Waals surface area contributed by atoms with Crippen LogP contribution in [0.25, 0.3) is 0 Å². The zero-order valence-corrected chi connectivity index (χ0v) is 9.82. The van der Waals surface area contributed by atoms with E-state index >= 15 is 0 Å². The van der Waals surface area contributed by atoms with Gasteiger partial charge in [0.1, 0.15) is 5.75 Å². The summed E-state index contributed by atoms with van der Waals surface area (Å²) >= 11 is 0. The molecule has 1 saturated carbocycles. The van der Waals surface area contributed by atoms with Crippen molar-refractivity contribution in [3.05, 3.63) is 18.2 Å². The summed E-state index contributed by atoms with van der Waals surface area (Å²) in [5.74, 6) is 1.48. The number of nitrogens with one attached hydrogen (secondary N) is 2. The van der Waals surface area contributed by atoms with Crippen LogP contribution in [0.15, 0.2) is 18.2 Å². The highest BCUT2D eigenvalue weighted by atomic mass is 16.5. The Hall–Kier alpha value is -1.71. The molecule has 2 aliphatic rings. The fourth-order valence-corrected chi connectivity index (χ4v) is 2.43. The maximum Gasteiger partial charge on any atom is 0.262 e. The number of anilines is 2. The van der Waals surface area contributed by atoms with E-state index < -0.39 is 0 Å². The quantitative estimate of drug-likeness (QED) is 0.822. The molecule has 17 heavy (non-hydrogen) atoms. The molecule has 1 amide bonds. The Morgan fingerprint density at radius 1 is 1.41 bits per heavy atom. The van der Waals surface area contributed by atoms with E-state index in [1.165, 1.54) is 12.8 Å². The zero-order valence-electron chi connectivity index (χ0n) is 9.82. The lowest BCUT2D eigenvalue weighted by atomic mass is 9.82. The number of rotatable bonds is 2. The first-order valence-electron chi connectivity index (χ1n) is 6.04. The fraction of sp³-hybridized carbons (Fsp3) is 0.462. The van der Waals surface area contributed by atoms with Gasteiger partial charge in [0.05, 0.1) is 5.69 Å². The Morgan fingerprint density at radius 3 is 3.00 bits per heavy atom. The molecule has 1 heterocycles. The van der Waals surface area contributed by atoms with E-state index in [1.54, 1.807) is 0 Å². The highest BCUT2D eigenvalue weighted by Crippen LogP contribution is 2.33. The summed E-state index contributed by atoms with van der Waals surface area (Å²) in [4.78, 5) is 11.2. The highest BCUT2D eigenvalue weighted by molar-refractivity contribution is 5.96. The number of hydrogen-bond donors (Lipinski definition) is 2. The van der Waals surface area contributed by atoms with Crippen LogP contribution in [0.3, 0.4) is 0 Å². The second-order valence-electron chi connectivity index (χ2n) is 4.97. The molecular weight excluding hydrogens is 216 g/mol. The van der Waals surface area contributed by atoms with E-state index in [2.05, 4.69) is 17.6 Å². The third-order valence-electron chi connectivity index (χ3n) is 3.36. The molecule has 0 bridgehead atoms. The van der Waals surface area contributed by atoms with E-state index in [0.29, 0.717) is 6.04 Å². The van der Waals surface area contributed by atoms with Crippen LogP contribution < -0.4 is 15.4 Å². The molecule has 0 radical (unpaired) electrons. The Balaban J connectivity index is 1.73. The number of carbonyl (C=O) groups excluding carboxylic acids is 1. The Morgan fingerprint density at radius 2 is 2.24 bits per heavy atom. The van der Waals surface area contributed by atoms with Gasteiger partial charge in [-0.1, -0.05) is 6.92 Å². The summed E-state index contributed by atoms with van der Waals surface area (Å²) in [6, 6.07) is 6.41. The lowest BCUT2D eigenvalue weighted by molar-refractivity contribution is -0.118. The van der Waals surface area contributed by atoms with Gasteiger partial charge in [-0.3, -0.25) is 4.79 Å². The predicted molar refractivity (Wildman–Crippen MR) is 66.4 cm³/mol. The van der Waals surface area contributed by atoms with Gasteiger partial charge >= 0.3 is 0 Å². The maximum atomic E-state index is 11.2. The molecule has 90 valence electrons. The van der Waals surface area contributed by atoms with E-state index in [4.69, 9.17) is 4.74 Å². The van der Waals surface area contributed by atoms with Crippen LogP contribution in [-0.4, -0.2) is 18.6 Å². The minimum atomic E-state index is -0.0908. The standard InChI is InChI=1S/C13H16N2O2/c1-8-4-10(5-8)14-9-2-3-12-11(6-9)15-13(16)7-17-12/h2-3,6,8,10,14H,4-5,7H2,1H3,(H,15,16). The van der Waals surface area contributed by atoms with Gasteiger partial charge in [-0.05, 0) is 37.0 Å². The van der Waals surface area contributed by atoms with E-state index in [-0.39, 0.29) is 12.5 Å². The molecule has 0 spiro atoms. The number of carbonyl (C=O) groups is 1. The van der Waals surface area contributed by atoms with Crippen molar-refractivity contribution in [1.29, 1.82) is 0 Å².